The van der Waals surface area contributed by atoms with Crippen LogP contribution in [-0.2, 0) is 0 Å². The summed E-state index contributed by atoms with van der Waals surface area (Å²) in [6.07, 6.45) is 0. The Morgan fingerprint density at radius 2 is 1.93 bits per heavy atom. The standard InChI is InChI=1S/C9H8BNO3S/c12-10(13)8-6-15-9(11-8)14-7-4-2-1-3-5-7/h1-6,12-13H. The van der Waals surface area contributed by atoms with Crippen LogP contribution in [0.4, 0.5) is 0 Å². The first kappa shape index (κ1) is 10.2. The Bertz CT molecular complexity index is 432. The maximum atomic E-state index is 8.85. The second-order valence-corrected chi connectivity index (χ2v) is 3.65. The van der Waals surface area contributed by atoms with E-state index in [-0.39, 0.29) is 5.59 Å². The molecular weight excluding hydrogens is 213 g/mol. The highest BCUT2D eigenvalue weighted by atomic mass is 32.1. The molecule has 0 aliphatic carbocycles. The van der Waals surface area contributed by atoms with E-state index in [4.69, 9.17) is 14.8 Å². The van der Waals surface area contributed by atoms with Gasteiger partial charge in [-0.2, -0.15) is 0 Å². The molecule has 0 bridgehead atoms. The Labute approximate surface area is 90.9 Å². The zero-order valence-corrected chi connectivity index (χ0v) is 8.52. The first-order chi connectivity index (χ1) is 7.25. The lowest BCUT2D eigenvalue weighted by molar-refractivity contribution is 0.423. The molecule has 6 heteroatoms. The Hall–Kier alpha value is -1.37. The van der Waals surface area contributed by atoms with Crippen molar-refractivity contribution in [2.24, 2.45) is 0 Å². The van der Waals surface area contributed by atoms with Crippen LogP contribution in [0, 0.1) is 0 Å². The van der Waals surface area contributed by atoms with Crippen LogP contribution >= 0.6 is 11.3 Å². The predicted octanol–water partition coefficient (Wildman–Crippen LogP) is 0.615. The van der Waals surface area contributed by atoms with Crippen molar-refractivity contribution in [3.05, 3.63) is 35.7 Å². The monoisotopic (exact) mass is 221 g/mol. The van der Waals surface area contributed by atoms with E-state index < -0.39 is 7.12 Å². The van der Waals surface area contributed by atoms with Crippen LogP contribution in [0.25, 0.3) is 0 Å². The molecule has 4 nitrogen and oxygen atoms in total. The summed E-state index contributed by atoms with van der Waals surface area (Å²) < 4.78 is 5.39. The molecule has 15 heavy (non-hydrogen) atoms. The van der Waals surface area contributed by atoms with Crippen LogP contribution in [0.2, 0.25) is 0 Å². The number of aromatic nitrogens is 1. The van der Waals surface area contributed by atoms with Gasteiger partial charge in [0.2, 0.25) is 0 Å². The Morgan fingerprint density at radius 3 is 2.53 bits per heavy atom. The zero-order chi connectivity index (χ0) is 10.7. The first-order valence-corrected chi connectivity index (χ1v) is 5.18. The summed E-state index contributed by atoms with van der Waals surface area (Å²) >= 11 is 1.22. The van der Waals surface area contributed by atoms with E-state index in [0.717, 1.165) is 0 Å². The van der Waals surface area contributed by atoms with Crippen molar-refractivity contribution in [2.75, 3.05) is 0 Å². The molecule has 2 N–H and O–H groups in total. The molecule has 0 saturated heterocycles. The molecule has 2 aromatic rings. The smallest absolute Gasteiger partial charge is 0.431 e. The van der Waals surface area contributed by atoms with Crippen LogP contribution in [0.3, 0.4) is 0 Å². The number of ether oxygens (including phenoxy) is 1. The van der Waals surface area contributed by atoms with Gasteiger partial charge in [-0.15, -0.1) is 0 Å². The van der Waals surface area contributed by atoms with Crippen molar-refractivity contribution < 1.29 is 14.8 Å². The van der Waals surface area contributed by atoms with E-state index >= 15 is 0 Å². The lowest BCUT2D eigenvalue weighted by atomic mass is 9.88. The molecular formula is C9H8BNO3S. The maximum absolute atomic E-state index is 8.85. The molecule has 76 valence electrons. The Morgan fingerprint density at radius 1 is 1.20 bits per heavy atom. The minimum Gasteiger partial charge on any atom is -0.431 e. The van der Waals surface area contributed by atoms with Gasteiger partial charge in [0.1, 0.15) is 5.75 Å². The fourth-order valence-corrected chi connectivity index (χ4v) is 1.72. The molecule has 0 amide bonds. The number of para-hydroxylation sites is 1. The van der Waals surface area contributed by atoms with Gasteiger partial charge in [0.15, 0.2) is 0 Å². The number of benzene rings is 1. The fraction of sp³-hybridized carbons (Fsp3) is 0. The summed E-state index contributed by atoms with van der Waals surface area (Å²) in [4.78, 5) is 3.90. The number of nitrogens with zero attached hydrogens (tertiary/aromatic N) is 1. The number of hydrogen-bond donors (Lipinski definition) is 2. The summed E-state index contributed by atoms with van der Waals surface area (Å²) in [6, 6.07) is 9.19. The van der Waals surface area contributed by atoms with Crippen molar-refractivity contribution in [2.45, 2.75) is 0 Å². The maximum Gasteiger partial charge on any atom is 0.509 e. The molecule has 0 fully saturated rings. The van der Waals surface area contributed by atoms with Crippen LogP contribution in [0.15, 0.2) is 35.7 Å². The molecule has 0 aliphatic rings. The van der Waals surface area contributed by atoms with Gasteiger partial charge in [-0.1, -0.05) is 29.5 Å². The molecule has 0 atom stereocenters. The minimum atomic E-state index is -1.55. The molecule has 0 spiro atoms. The number of thiazole rings is 1. The van der Waals surface area contributed by atoms with Crippen LogP contribution in [0.1, 0.15) is 0 Å². The average molecular weight is 221 g/mol. The summed E-state index contributed by atoms with van der Waals surface area (Å²) in [6.45, 7) is 0. The van der Waals surface area contributed by atoms with Gasteiger partial charge in [0, 0.05) is 5.38 Å². The third kappa shape index (κ3) is 2.56. The van der Waals surface area contributed by atoms with Gasteiger partial charge in [0.25, 0.3) is 5.19 Å². The molecule has 1 heterocycles. The first-order valence-electron chi connectivity index (χ1n) is 4.30. The van der Waals surface area contributed by atoms with Gasteiger partial charge in [-0.05, 0) is 12.1 Å². The second-order valence-electron chi connectivity index (χ2n) is 2.83. The minimum absolute atomic E-state index is 0.200. The topological polar surface area (TPSA) is 62.6 Å². The zero-order valence-electron chi connectivity index (χ0n) is 7.70. The number of rotatable bonds is 3. The van der Waals surface area contributed by atoms with Crippen LogP contribution < -0.4 is 10.3 Å². The van der Waals surface area contributed by atoms with Crippen LogP contribution in [-0.4, -0.2) is 22.2 Å². The Balaban J connectivity index is 2.12. The lowest BCUT2D eigenvalue weighted by Gasteiger charge is -1.99. The van der Waals surface area contributed by atoms with Crippen molar-refractivity contribution in [1.82, 2.24) is 4.98 Å². The van der Waals surface area contributed by atoms with E-state index in [1.54, 1.807) is 17.5 Å². The second kappa shape index (κ2) is 4.44. The average Bonchev–Trinajstić information content (AvgIpc) is 2.68. The van der Waals surface area contributed by atoms with Gasteiger partial charge in [-0.25, -0.2) is 4.98 Å². The third-order valence-electron chi connectivity index (χ3n) is 1.71. The highest BCUT2D eigenvalue weighted by molar-refractivity contribution is 7.12. The van der Waals surface area contributed by atoms with E-state index in [1.165, 1.54) is 11.3 Å². The third-order valence-corrected chi connectivity index (χ3v) is 2.45. The van der Waals surface area contributed by atoms with E-state index in [1.807, 2.05) is 18.2 Å². The summed E-state index contributed by atoms with van der Waals surface area (Å²) in [7, 11) is -1.55. The van der Waals surface area contributed by atoms with Gasteiger partial charge in [0.05, 0.1) is 5.59 Å². The van der Waals surface area contributed by atoms with E-state index in [9.17, 15) is 0 Å². The quantitative estimate of drug-likeness (QED) is 0.745. The highest BCUT2D eigenvalue weighted by Gasteiger charge is 2.15. The molecule has 0 radical (unpaired) electrons. The van der Waals surface area contributed by atoms with Gasteiger partial charge >= 0.3 is 7.12 Å². The molecule has 2 rings (SSSR count). The van der Waals surface area contributed by atoms with Crippen molar-refractivity contribution >= 4 is 24.0 Å². The fourth-order valence-electron chi connectivity index (χ4n) is 1.02. The van der Waals surface area contributed by atoms with Crippen LogP contribution in [0.5, 0.6) is 10.9 Å². The summed E-state index contributed by atoms with van der Waals surface area (Å²) in [5.74, 6) is 0.672. The summed E-state index contributed by atoms with van der Waals surface area (Å²) in [5.41, 5.74) is 0.200. The normalized spacial score (nSPS) is 10.0. The van der Waals surface area contributed by atoms with Gasteiger partial charge in [-0.3, -0.25) is 0 Å². The van der Waals surface area contributed by atoms with Crippen molar-refractivity contribution in [3.63, 3.8) is 0 Å². The largest absolute Gasteiger partial charge is 0.509 e. The van der Waals surface area contributed by atoms with E-state index in [0.29, 0.717) is 10.9 Å². The molecule has 1 aromatic carbocycles. The van der Waals surface area contributed by atoms with Crippen molar-refractivity contribution in [1.29, 1.82) is 0 Å². The lowest BCUT2D eigenvalue weighted by Crippen LogP contribution is -2.30. The van der Waals surface area contributed by atoms with Crippen molar-refractivity contribution in [3.8, 4) is 10.9 Å². The molecule has 0 saturated carbocycles. The molecule has 0 unspecified atom stereocenters. The summed E-state index contributed by atoms with van der Waals surface area (Å²) in [5, 5.41) is 19.6. The molecule has 0 aliphatic heterocycles. The van der Waals surface area contributed by atoms with E-state index in [2.05, 4.69) is 4.98 Å². The highest BCUT2D eigenvalue weighted by Crippen LogP contribution is 2.21. The van der Waals surface area contributed by atoms with Gasteiger partial charge < -0.3 is 14.8 Å². The number of hydrogen-bond acceptors (Lipinski definition) is 5. The predicted molar refractivity (Wildman–Crippen MR) is 58.5 cm³/mol. The molecule has 1 aromatic heterocycles. The SMILES string of the molecule is OB(O)c1csc(Oc2ccccc2)n1. The Kier molecular flexibility index (Phi) is 3.01.